The van der Waals surface area contributed by atoms with Crippen molar-refractivity contribution in [3.8, 4) is 11.6 Å². The van der Waals surface area contributed by atoms with Gasteiger partial charge in [-0.05, 0) is 42.8 Å². The summed E-state index contributed by atoms with van der Waals surface area (Å²) in [5.41, 5.74) is 1.31. The van der Waals surface area contributed by atoms with Crippen LogP contribution in [0.4, 0.5) is 4.39 Å². The van der Waals surface area contributed by atoms with Crippen LogP contribution in [0.5, 0.6) is 11.6 Å². The monoisotopic (exact) mass is 441 g/mol. The average Bonchev–Trinajstić information content (AvgIpc) is 2.44. The van der Waals surface area contributed by atoms with E-state index in [1.54, 1.807) is 12.1 Å². The highest BCUT2D eigenvalue weighted by Gasteiger charge is 2.20. The molecule has 0 unspecified atom stereocenters. The van der Waals surface area contributed by atoms with Gasteiger partial charge in [-0.3, -0.25) is 0 Å². The molecule has 0 amide bonds. The van der Waals surface area contributed by atoms with Gasteiger partial charge in [0.15, 0.2) is 5.82 Å². The number of hydrogen-bond donors (Lipinski definition) is 0. The van der Waals surface area contributed by atoms with Crippen LogP contribution < -0.4 is 4.74 Å². The first-order valence-corrected chi connectivity index (χ1v) is 8.41. The summed E-state index contributed by atoms with van der Waals surface area (Å²) in [5.74, 6) is -0.193. The molecule has 2 rings (SSSR count). The van der Waals surface area contributed by atoms with Crippen LogP contribution in [-0.4, -0.2) is 15.4 Å². The molecule has 8 heteroatoms. The van der Waals surface area contributed by atoms with E-state index in [0.29, 0.717) is 11.4 Å². The Bertz CT molecular complexity index is 695. The van der Waals surface area contributed by atoms with Crippen LogP contribution in [0.2, 0.25) is 0 Å². The van der Waals surface area contributed by atoms with Gasteiger partial charge in [0.2, 0.25) is 3.79 Å². The fraction of sp³-hybridized carbons (Fsp3) is 0.267. The molecule has 124 valence electrons. The van der Waals surface area contributed by atoms with Gasteiger partial charge in [-0.2, -0.15) is 0 Å². The van der Waals surface area contributed by atoms with E-state index in [9.17, 15) is 4.39 Å². The number of halogens is 5. The third-order valence-corrected chi connectivity index (χ3v) is 3.55. The molecule has 1 aromatic carbocycles. The van der Waals surface area contributed by atoms with Crippen molar-refractivity contribution < 1.29 is 13.9 Å². The fourth-order valence-electron chi connectivity index (χ4n) is 1.72. The summed E-state index contributed by atoms with van der Waals surface area (Å²) in [7, 11) is 0. The second-order valence-corrected chi connectivity index (χ2v) is 8.14. The van der Waals surface area contributed by atoms with E-state index < -0.39 is 9.61 Å². The molecular weight excluding hydrogens is 431 g/mol. The van der Waals surface area contributed by atoms with Crippen molar-refractivity contribution in [3.05, 3.63) is 51.9 Å². The lowest BCUT2D eigenvalue weighted by Gasteiger charge is -2.12. The molecule has 0 bridgehead atoms. The van der Waals surface area contributed by atoms with Crippen molar-refractivity contribution >= 4 is 50.7 Å². The topological polar surface area (TPSA) is 31.4 Å². The van der Waals surface area contributed by atoms with Crippen LogP contribution in [-0.2, 0) is 11.3 Å². The van der Waals surface area contributed by atoms with Crippen molar-refractivity contribution in [1.29, 1.82) is 0 Å². The molecule has 0 fully saturated rings. The number of aromatic nitrogens is 1. The maximum Gasteiger partial charge on any atom is 0.256 e. The maximum absolute atomic E-state index is 13.9. The Morgan fingerprint density at radius 2 is 1.96 bits per heavy atom. The van der Waals surface area contributed by atoms with Crippen LogP contribution in [0.25, 0.3) is 0 Å². The van der Waals surface area contributed by atoms with E-state index in [0.717, 1.165) is 10.0 Å². The Hall–Kier alpha value is -0.590. The van der Waals surface area contributed by atoms with Crippen molar-refractivity contribution in [2.75, 3.05) is 6.61 Å². The largest absolute Gasteiger partial charge is 0.436 e. The zero-order valence-electron chi connectivity index (χ0n) is 12.0. The number of alkyl halides is 3. The number of pyridine rings is 1. The maximum atomic E-state index is 13.9. The number of aryl methyl sites for hydroxylation is 1. The third-order valence-electron chi connectivity index (χ3n) is 2.73. The van der Waals surface area contributed by atoms with Crippen LogP contribution in [0.1, 0.15) is 11.3 Å². The molecule has 0 aliphatic rings. The van der Waals surface area contributed by atoms with Gasteiger partial charge in [-0.15, -0.1) is 0 Å². The second-order valence-electron chi connectivity index (χ2n) is 4.71. The second kappa shape index (κ2) is 7.99. The average molecular weight is 444 g/mol. The highest BCUT2D eigenvalue weighted by molar-refractivity contribution is 9.10. The molecule has 0 saturated heterocycles. The minimum absolute atomic E-state index is 0.0733. The van der Waals surface area contributed by atoms with Crippen LogP contribution in [0, 0.1) is 12.7 Å². The molecule has 0 N–H and O–H groups in total. The SMILES string of the molecule is Cc1cc(Br)ccc1Oc1nc(COCC(Cl)(Cl)Cl)ccc1F. The number of rotatable bonds is 5. The summed E-state index contributed by atoms with van der Waals surface area (Å²) in [4.78, 5) is 4.09. The van der Waals surface area contributed by atoms with Crippen LogP contribution >= 0.6 is 50.7 Å². The lowest BCUT2D eigenvalue weighted by atomic mass is 10.2. The van der Waals surface area contributed by atoms with Crippen molar-refractivity contribution in [2.24, 2.45) is 0 Å². The molecule has 3 nitrogen and oxygen atoms in total. The first-order valence-electron chi connectivity index (χ1n) is 6.48. The van der Waals surface area contributed by atoms with Gasteiger partial charge >= 0.3 is 0 Å². The summed E-state index contributed by atoms with van der Waals surface area (Å²) in [6.07, 6.45) is 0. The molecule has 0 spiro atoms. The van der Waals surface area contributed by atoms with Gasteiger partial charge in [0.1, 0.15) is 5.75 Å². The number of ether oxygens (including phenoxy) is 2. The lowest BCUT2D eigenvalue weighted by molar-refractivity contribution is 0.122. The summed E-state index contributed by atoms with van der Waals surface area (Å²) in [5, 5.41) is 0. The molecule has 0 radical (unpaired) electrons. The van der Waals surface area contributed by atoms with E-state index >= 15 is 0 Å². The molecule has 0 saturated carbocycles. The van der Waals surface area contributed by atoms with Gasteiger partial charge < -0.3 is 9.47 Å². The number of benzene rings is 1. The van der Waals surface area contributed by atoms with E-state index in [1.807, 2.05) is 13.0 Å². The molecular formula is C15H12BrCl3FNO2. The Morgan fingerprint density at radius 3 is 2.61 bits per heavy atom. The lowest BCUT2D eigenvalue weighted by Crippen LogP contribution is -2.13. The van der Waals surface area contributed by atoms with Gasteiger partial charge in [0.05, 0.1) is 18.9 Å². The predicted octanol–water partition coefficient (Wildman–Crippen LogP) is 5.97. The third kappa shape index (κ3) is 6.08. The number of nitrogens with zero attached hydrogens (tertiary/aromatic N) is 1. The number of hydrogen-bond acceptors (Lipinski definition) is 3. The first kappa shape index (κ1) is 18.7. The fourth-order valence-corrected chi connectivity index (χ4v) is 2.42. The van der Waals surface area contributed by atoms with E-state index in [2.05, 4.69) is 20.9 Å². The first-order chi connectivity index (χ1) is 10.7. The standard InChI is InChI=1S/C15H12BrCl3FNO2/c1-9-6-10(16)2-5-13(9)23-14-12(20)4-3-11(21-14)7-22-8-15(17,18)19/h2-6H,7-8H2,1H3. The molecule has 0 aliphatic heterocycles. The molecule has 1 aromatic heterocycles. The molecule has 0 aliphatic carbocycles. The Labute approximate surface area is 156 Å². The van der Waals surface area contributed by atoms with Crippen molar-refractivity contribution in [2.45, 2.75) is 17.3 Å². The Kier molecular flexibility index (Phi) is 6.51. The molecule has 1 heterocycles. The zero-order chi connectivity index (χ0) is 17.0. The van der Waals surface area contributed by atoms with E-state index in [-0.39, 0.29) is 19.1 Å². The summed E-state index contributed by atoms with van der Waals surface area (Å²) in [6, 6.07) is 8.13. The minimum Gasteiger partial charge on any atom is -0.436 e. The summed E-state index contributed by atoms with van der Waals surface area (Å²) >= 11 is 20.1. The van der Waals surface area contributed by atoms with Crippen molar-refractivity contribution in [3.63, 3.8) is 0 Å². The van der Waals surface area contributed by atoms with E-state index in [1.165, 1.54) is 12.1 Å². The van der Waals surface area contributed by atoms with Crippen LogP contribution in [0.3, 0.4) is 0 Å². The zero-order valence-corrected chi connectivity index (χ0v) is 15.8. The quantitative estimate of drug-likeness (QED) is 0.534. The van der Waals surface area contributed by atoms with Crippen LogP contribution in [0.15, 0.2) is 34.8 Å². The normalized spacial score (nSPS) is 11.6. The molecule has 0 atom stereocenters. The van der Waals surface area contributed by atoms with Crippen molar-refractivity contribution in [1.82, 2.24) is 4.98 Å². The molecule has 2 aromatic rings. The highest BCUT2D eigenvalue weighted by Crippen LogP contribution is 2.29. The molecule has 23 heavy (non-hydrogen) atoms. The van der Waals surface area contributed by atoms with E-state index in [4.69, 9.17) is 44.3 Å². The summed E-state index contributed by atoms with van der Waals surface area (Å²) in [6.45, 7) is 1.83. The van der Waals surface area contributed by atoms with Gasteiger partial charge in [0.25, 0.3) is 5.88 Å². The van der Waals surface area contributed by atoms with Gasteiger partial charge in [-0.1, -0.05) is 50.7 Å². The Morgan fingerprint density at radius 1 is 1.22 bits per heavy atom. The smallest absolute Gasteiger partial charge is 0.256 e. The van der Waals surface area contributed by atoms with Gasteiger partial charge in [-0.25, -0.2) is 9.37 Å². The highest BCUT2D eigenvalue weighted by atomic mass is 79.9. The van der Waals surface area contributed by atoms with Gasteiger partial charge in [0, 0.05) is 4.47 Å². The minimum atomic E-state index is -1.51. The summed E-state index contributed by atoms with van der Waals surface area (Å²) < 4.78 is 24.0. The Balaban J connectivity index is 2.11. The predicted molar refractivity (Wildman–Crippen MR) is 93.1 cm³/mol.